The first kappa shape index (κ1) is 4.70. The summed E-state index contributed by atoms with van der Waals surface area (Å²) in [5.74, 6) is 0. The molecule has 0 heterocycles. The molecule has 1 N–H and O–H groups in total. The topological polar surface area (TPSA) is 20.2 Å². The molecule has 0 fully saturated rings. The zero-order chi connectivity index (χ0) is 4.12. The monoisotopic (exact) mass is 70.0 g/mol. The Balaban J connectivity index is 2.62. The van der Waals surface area contributed by atoms with Crippen LogP contribution in [0.1, 0.15) is 0 Å². The number of allylic oxidation sites excluding steroid dienone is 1. The maximum absolute atomic E-state index is 7.88. The van der Waals surface area contributed by atoms with E-state index in [-0.39, 0.29) is 6.61 Å². The highest BCUT2D eigenvalue weighted by atomic mass is 16.2. The lowest BCUT2D eigenvalue weighted by Crippen LogP contribution is -1.67. The van der Waals surface area contributed by atoms with Gasteiger partial charge in [0.1, 0.15) is 0 Å². The first-order valence-electron chi connectivity index (χ1n) is 1.37. The van der Waals surface area contributed by atoms with E-state index in [1.165, 1.54) is 6.08 Å². The van der Waals surface area contributed by atoms with Crippen molar-refractivity contribution in [1.82, 2.24) is 0 Å². The van der Waals surface area contributed by atoms with Crippen LogP contribution in [0, 0.1) is 13.0 Å². The second-order valence-electron chi connectivity index (χ2n) is 0.566. The predicted molar refractivity (Wildman–Crippen MR) is 20.3 cm³/mol. The highest BCUT2D eigenvalue weighted by Crippen LogP contribution is 1.57. The van der Waals surface area contributed by atoms with Gasteiger partial charge in [-0.25, -0.2) is 0 Å². The van der Waals surface area contributed by atoms with E-state index < -0.39 is 0 Å². The van der Waals surface area contributed by atoms with Crippen molar-refractivity contribution < 1.29 is 5.11 Å². The second kappa shape index (κ2) is 3.70. The summed E-state index contributed by atoms with van der Waals surface area (Å²) in [6, 6.07) is 0. The number of aliphatic hydroxyl groups is 1. The van der Waals surface area contributed by atoms with Crippen molar-refractivity contribution in [2.75, 3.05) is 6.61 Å². The highest BCUT2D eigenvalue weighted by molar-refractivity contribution is 4.73. The molecule has 0 saturated heterocycles. The number of hydrogen-bond acceptors (Lipinski definition) is 1. The molecule has 1 heteroatoms. The SMILES string of the molecule is [CH2]/C=[C]/CO. The van der Waals surface area contributed by atoms with Crippen LogP contribution in [0.4, 0.5) is 0 Å². The van der Waals surface area contributed by atoms with Crippen molar-refractivity contribution in [3.05, 3.63) is 19.1 Å². The van der Waals surface area contributed by atoms with Crippen molar-refractivity contribution >= 4 is 0 Å². The quantitative estimate of drug-likeness (QED) is 0.466. The zero-order valence-electron chi connectivity index (χ0n) is 2.94. The maximum Gasteiger partial charge on any atom is 0.0682 e. The van der Waals surface area contributed by atoms with Crippen molar-refractivity contribution in [3.8, 4) is 0 Å². The molecule has 0 bridgehead atoms. The van der Waals surface area contributed by atoms with Gasteiger partial charge < -0.3 is 5.11 Å². The van der Waals surface area contributed by atoms with E-state index in [9.17, 15) is 0 Å². The number of aliphatic hydroxyl groups excluding tert-OH is 1. The smallest absolute Gasteiger partial charge is 0.0682 e. The molecule has 2 radical (unpaired) electrons. The van der Waals surface area contributed by atoms with Crippen LogP contribution in [-0.4, -0.2) is 11.7 Å². The molecule has 0 aromatic carbocycles. The summed E-state index contributed by atoms with van der Waals surface area (Å²) in [5, 5.41) is 7.88. The molecule has 0 unspecified atom stereocenters. The van der Waals surface area contributed by atoms with E-state index in [2.05, 4.69) is 13.0 Å². The Morgan fingerprint density at radius 3 is 2.60 bits per heavy atom. The molecular formula is C4H6O. The summed E-state index contributed by atoms with van der Waals surface area (Å²) in [5.41, 5.74) is 0. The van der Waals surface area contributed by atoms with E-state index in [4.69, 9.17) is 5.11 Å². The third-order valence-electron chi connectivity index (χ3n) is 0.236. The van der Waals surface area contributed by atoms with Gasteiger partial charge in [0, 0.05) is 0 Å². The van der Waals surface area contributed by atoms with Gasteiger partial charge in [0.2, 0.25) is 0 Å². The maximum atomic E-state index is 7.88. The van der Waals surface area contributed by atoms with E-state index in [1.54, 1.807) is 0 Å². The standard InChI is InChI=1S/C4H6O/c1-2-3-4-5/h2,5H,1,4H2. The largest absolute Gasteiger partial charge is 0.392 e. The van der Waals surface area contributed by atoms with Gasteiger partial charge in [-0.2, -0.15) is 0 Å². The van der Waals surface area contributed by atoms with Crippen molar-refractivity contribution in [2.45, 2.75) is 0 Å². The molecule has 0 aliphatic carbocycles. The van der Waals surface area contributed by atoms with Crippen LogP contribution in [0.15, 0.2) is 6.08 Å². The molecular weight excluding hydrogens is 64.0 g/mol. The average Bonchev–Trinajstić information content (AvgIpc) is 1.41. The van der Waals surface area contributed by atoms with Gasteiger partial charge in [0.25, 0.3) is 0 Å². The Labute approximate surface area is 31.9 Å². The van der Waals surface area contributed by atoms with Crippen LogP contribution in [-0.2, 0) is 0 Å². The number of hydrogen-bond donors (Lipinski definition) is 1. The van der Waals surface area contributed by atoms with Crippen LogP contribution in [0.3, 0.4) is 0 Å². The van der Waals surface area contributed by atoms with E-state index in [0.717, 1.165) is 0 Å². The van der Waals surface area contributed by atoms with Gasteiger partial charge in [0.15, 0.2) is 0 Å². The molecule has 0 atom stereocenters. The minimum absolute atomic E-state index is 0.0243. The number of rotatable bonds is 1. The predicted octanol–water partition coefficient (Wildman–Crippen LogP) is 0.172. The van der Waals surface area contributed by atoms with Gasteiger partial charge in [-0.3, -0.25) is 0 Å². The van der Waals surface area contributed by atoms with Gasteiger partial charge in [-0.1, -0.05) is 6.08 Å². The van der Waals surface area contributed by atoms with Gasteiger partial charge in [-0.05, 0) is 13.0 Å². The van der Waals surface area contributed by atoms with E-state index >= 15 is 0 Å². The molecule has 5 heavy (non-hydrogen) atoms. The van der Waals surface area contributed by atoms with Gasteiger partial charge >= 0.3 is 0 Å². The summed E-state index contributed by atoms with van der Waals surface area (Å²) < 4.78 is 0. The van der Waals surface area contributed by atoms with Gasteiger partial charge in [-0.15, -0.1) is 0 Å². The lowest BCUT2D eigenvalue weighted by atomic mass is 10.6. The van der Waals surface area contributed by atoms with Crippen molar-refractivity contribution in [2.24, 2.45) is 0 Å². The Kier molecular flexibility index (Phi) is 3.48. The Bertz CT molecular complexity index is 30.6. The average molecular weight is 70.1 g/mol. The lowest BCUT2D eigenvalue weighted by Gasteiger charge is -1.64. The molecule has 0 saturated carbocycles. The van der Waals surface area contributed by atoms with E-state index in [0.29, 0.717) is 0 Å². The molecule has 0 spiro atoms. The second-order valence-corrected chi connectivity index (χ2v) is 0.566. The Morgan fingerprint density at radius 2 is 2.60 bits per heavy atom. The fourth-order valence-electron chi connectivity index (χ4n) is 0.0645. The summed E-state index contributed by atoms with van der Waals surface area (Å²) >= 11 is 0. The lowest BCUT2D eigenvalue weighted by molar-refractivity contribution is 0.336. The third-order valence-corrected chi connectivity index (χ3v) is 0.236. The Hall–Kier alpha value is -0.300. The molecule has 0 aromatic rings. The first-order chi connectivity index (χ1) is 2.41. The molecule has 28 valence electrons. The summed E-state index contributed by atoms with van der Waals surface area (Å²) in [6.07, 6.45) is 3.86. The molecule has 0 aromatic heterocycles. The van der Waals surface area contributed by atoms with Gasteiger partial charge in [0.05, 0.1) is 6.61 Å². The fourth-order valence-corrected chi connectivity index (χ4v) is 0.0645. The van der Waals surface area contributed by atoms with Crippen LogP contribution in [0.25, 0.3) is 0 Å². The minimum atomic E-state index is -0.0243. The Morgan fingerprint density at radius 1 is 2.00 bits per heavy atom. The first-order valence-corrected chi connectivity index (χ1v) is 1.37. The molecule has 0 rings (SSSR count). The van der Waals surface area contributed by atoms with Crippen molar-refractivity contribution in [1.29, 1.82) is 0 Å². The van der Waals surface area contributed by atoms with Crippen LogP contribution >= 0.6 is 0 Å². The zero-order valence-corrected chi connectivity index (χ0v) is 2.94. The van der Waals surface area contributed by atoms with Crippen LogP contribution in [0.2, 0.25) is 0 Å². The summed E-state index contributed by atoms with van der Waals surface area (Å²) in [4.78, 5) is 0. The van der Waals surface area contributed by atoms with Crippen LogP contribution in [0.5, 0.6) is 0 Å². The van der Waals surface area contributed by atoms with Crippen molar-refractivity contribution in [3.63, 3.8) is 0 Å². The minimum Gasteiger partial charge on any atom is -0.392 e. The molecule has 1 nitrogen and oxygen atoms in total. The molecule has 0 aliphatic heterocycles. The highest BCUT2D eigenvalue weighted by Gasteiger charge is 1.54. The summed E-state index contributed by atoms with van der Waals surface area (Å²) in [6.45, 7) is 3.26. The van der Waals surface area contributed by atoms with E-state index in [1.807, 2.05) is 0 Å². The fraction of sp³-hybridized carbons (Fsp3) is 0.250. The summed E-state index contributed by atoms with van der Waals surface area (Å²) in [7, 11) is 0. The van der Waals surface area contributed by atoms with Crippen LogP contribution < -0.4 is 0 Å². The normalized spacial score (nSPS) is 10.0. The molecule has 0 amide bonds. The third kappa shape index (κ3) is 3.70. The molecule has 0 aliphatic rings.